The van der Waals surface area contributed by atoms with E-state index in [1.54, 1.807) is 7.11 Å². The average molecular weight is 300 g/mol. The first-order chi connectivity index (χ1) is 10.7. The van der Waals surface area contributed by atoms with Crippen LogP contribution < -0.4 is 15.8 Å². The van der Waals surface area contributed by atoms with Gasteiger partial charge < -0.3 is 15.8 Å². The summed E-state index contributed by atoms with van der Waals surface area (Å²) in [6.45, 7) is 5.77. The SMILES string of the molecule is COc1cccc(-c2ncc(NCCCN)c(C(C)C)n2)c1. The van der Waals surface area contributed by atoms with Crippen LogP contribution >= 0.6 is 0 Å². The largest absolute Gasteiger partial charge is 0.497 e. The van der Waals surface area contributed by atoms with Crippen molar-refractivity contribution in [2.24, 2.45) is 5.73 Å². The highest BCUT2D eigenvalue weighted by molar-refractivity contribution is 5.60. The lowest BCUT2D eigenvalue weighted by atomic mass is 10.1. The van der Waals surface area contributed by atoms with Crippen LogP contribution in [0.1, 0.15) is 31.9 Å². The van der Waals surface area contributed by atoms with Gasteiger partial charge in [-0.15, -0.1) is 0 Å². The average Bonchev–Trinajstić information content (AvgIpc) is 2.55. The van der Waals surface area contributed by atoms with E-state index < -0.39 is 0 Å². The fraction of sp³-hybridized carbons (Fsp3) is 0.412. The van der Waals surface area contributed by atoms with Crippen molar-refractivity contribution in [1.82, 2.24) is 9.97 Å². The molecule has 0 radical (unpaired) electrons. The summed E-state index contributed by atoms with van der Waals surface area (Å²) >= 11 is 0. The van der Waals surface area contributed by atoms with Gasteiger partial charge in [0.1, 0.15) is 5.75 Å². The lowest BCUT2D eigenvalue weighted by Gasteiger charge is -2.14. The predicted molar refractivity (Wildman–Crippen MR) is 90.3 cm³/mol. The van der Waals surface area contributed by atoms with E-state index in [-0.39, 0.29) is 0 Å². The van der Waals surface area contributed by atoms with Gasteiger partial charge in [-0.25, -0.2) is 9.97 Å². The summed E-state index contributed by atoms with van der Waals surface area (Å²) in [5.41, 5.74) is 8.49. The fourth-order valence-electron chi connectivity index (χ4n) is 2.20. The molecule has 0 saturated carbocycles. The first-order valence-electron chi connectivity index (χ1n) is 7.61. The number of methoxy groups -OCH3 is 1. The molecule has 0 aliphatic heterocycles. The minimum absolute atomic E-state index is 0.313. The van der Waals surface area contributed by atoms with Crippen LogP contribution in [0.4, 0.5) is 5.69 Å². The summed E-state index contributed by atoms with van der Waals surface area (Å²) in [6.07, 6.45) is 2.78. The molecule has 5 heteroatoms. The Morgan fingerprint density at radius 1 is 1.32 bits per heavy atom. The maximum atomic E-state index is 5.53. The summed E-state index contributed by atoms with van der Waals surface area (Å²) in [7, 11) is 1.66. The zero-order chi connectivity index (χ0) is 15.9. The second-order valence-electron chi connectivity index (χ2n) is 5.45. The van der Waals surface area contributed by atoms with Crippen molar-refractivity contribution >= 4 is 5.69 Å². The van der Waals surface area contributed by atoms with Crippen molar-refractivity contribution in [2.45, 2.75) is 26.2 Å². The van der Waals surface area contributed by atoms with E-state index in [1.807, 2.05) is 30.5 Å². The molecule has 0 fully saturated rings. The molecule has 2 aromatic rings. The van der Waals surface area contributed by atoms with Gasteiger partial charge in [-0.05, 0) is 31.0 Å². The number of benzene rings is 1. The van der Waals surface area contributed by atoms with Gasteiger partial charge in [-0.1, -0.05) is 26.0 Å². The van der Waals surface area contributed by atoms with Crippen LogP contribution in [0.3, 0.4) is 0 Å². The maximum absolute atomic E-state index is 5.53. The van der Waals surface area contributed by atoms with Crippen molar-refractivity contribution in [1.29, 1.82) is 0 Å². The van der Waals surface area contributed by atoms with Gasteiger partial charge in [0, 0.05) is 12.1 Å². The Labute approximate surface area is 131 Å². The van der Waals surface area contributed by atoms with E-state index >= 15 is 0 Å². The van der Waals surface area contributed by atoms with Gasteiger partial charge in [0.2, 0.25) is 0 Å². The highest BCUT2D eigenvalue weighted by Crippen LogP contribution is 2.26. The molecule has 0 saturated heterocycles. The van der Waals surface area contributed by atoms with Crippen molar-refractivity contribution in [3.63, 3.8) is 0 Å². The number of nitrogens with two attached hydrogens (primary N) is 1. The lowest BCUT2D eigenvalue weighted by molar-refractivity contribution is 0.415. The predicted octanol–water partition coefficient (Wildman–Crippen LogP) is 3.04. The van der Waals surface area contributed by atoms with Crippen molar-refractivity contribution in [2.75, 3.05) is 25.5 Å². The highest BCUT2D eigenvalue weighted by atomic mass is 16.5. The van der Waals surface area contributed by atoms with Crippen LogP contribution in [-0.4, -0.2) is 30.2 Å². The zero-order valence-electron chi connectivity index (χ0n) is 13.5. The van der Waals surface area contributed by atoms with Crippen LogP contribution in [0.25, 0.3) is 11.4 Å². The van der Waals surface area contributed by atoms with Gasteiger partial charge >= 0.3 is 0 Å². The molecule has 5 nitrogen and oxygen atoms in total. The van der Waals surface area contributed by atoms with E-state index in [9.17, 15) is 0 Å². The zero-order valence-corrected chi connectivity index (χ0v) is 13.5. The Morgan fingerprint density at radius 2 is 2.14 bits per heavy atom. The van der Waals surface area contributed by atoms with Crippen molar-refractivity contribution in [3.05, 3.63) is 36.2 Å². The minimum Gasteiger partial charge on any atom is -0.497 e. The second-order valence-corrected chi connectivity index (χ2v) is 5.45. The van der Waals surface area contributed by atoms with Gasteiger partial charge in [0.05, 0.1) is 24.7 Å². The normalized spacial score (nSPS) is 10.8. The first kappa shape index (κ1) is 16.2. The topological polar surface area (TPSA) is 73.1 Å². The fourth-order valence-corrected chi connectivity index (χ4v) is 2.20. The summed E-state index contributed by atoms with van der Waals surface area (Å²) in [6, 6.07) is 7.79. The molecule has 0 amide bonds. The monoisotopic (exact) mass is 300 g/mol. The number of anilines is 1. The van der Waals surface area contributed by atoms with Crippen LogP contribution in [0.15, 0.2) is 30.5 Å². The van der Waals surface area contributed by atoms with Crippen molar-refractivity contribution < 1.29 is 4.74 Å². The van der Waals surface area contributed by atoms with E-state index in [4.69, 9.17) is 15.5 Å². The standard InChI is InChI=1S/C17H24N4O/c1-12(2)16-15(19-9-5-8-18)11-20-17(21-16)13-6-4-7-14(10-13)22-3/h4,6-7,10-12,19H,5,8-9,18H2,1-3H3. The molecule has 0 aliphatic rings. The molecule has 1 aromatic carbocycles. The van der Waals surface area contributed by atoms with E-state index in [1.165, 1.54) is 0 Å². The molecule has 1 aromatic heterocycles. The quantitative estimate of drug-likeness (QED) is 0.769. The van der Waals surface area contributed by atoms with Crippen LogP contribution in [0, 0.1) is 0 Å². The Bertz CT molecular complexity index is 613. The van der Waals surface area contributed by atoms with Crippen LogP contribution in [-0.2, 0) is 0 Å². The molecular weight excluding hydrogens is 276 g/mol. The minimum atomic E-state index is 0.313. The van der Waals surface area contributed by atoms with Crippen LogP contribution in [0.5, 0.6) is 5.75 Å². The number of ether oxygens (including phenoxy) is 1. The molecule has 0 bridgehead atoms. The summed E-state index contributed by atoms with van der Waals surface area (Å²) in [5, 5.41) is 3.37. The van der Waals surface area contributed by atoms with E-state index in [0.29, 0.717) is 18.3 Å². The second kappa shape index (κ2) is 7.75. The Kier molecular flexibility index (Phi) is 5.72. The molecule has 0 unspecified atom stereocenters. The number of rotatable bonds is 7. The Hall–Kier alpha value is -2.14. The molecule has 2 rings (SSSR count). The maximum Gasteiger partial charge on any atom is 0.159 e. The van der Waals surface area contributed by atoms with Gasteiger partial charge in [-0.3, -0.25) is 0 Å². The third-order valence-electron chi connectivity index (χ3n) is 3.39. The molecule has 3 N–H and O–H groups in total. The first-order valence-corrected chi connectivity index (χ1v) is 7.61. The Balaban J connectivity index is 2.31. The molecule has 118 valence electrons. The molecule has 0 aliphatic carbocycles. The summed E-state index contributed by atoms with van der Waals surface area (Å²) in [4.78, 5) is 9.22. The third-order valence-corrected chi connectivity index (χ3v) is 3.39. The highest BCUT2D eigenvalue weighted by Gasteiger charge is 2.12. The number of nitrogens with zero attached hydrogens (tertiary/aromatic N) is 2. The lowest BCUT2D eigenvalue weighted by Crippen LogP contribution is -2.11. The summed E-state index contributed by atoms with van der Waals surface area (Å²) < 4.78 is 5.26. The molecule has 1 heterocycles. The smallest absolute Gasteiger partial charge is 0.159 e. The third kappa shape index (κ3) is 3.95. The molecule has 22 heavy (non-hydrogen) atoms. The van der Waals surface area contributed by atoms with Gasteiger partial charge in [0.15, 0.2) is 5.82 Å². The number of aromatic nitrogens is 2. The van der Waals surface area contributed by atoms with E-state index in [2.05, 4.69) is 24.1 Å². The molecule has 0 spiro atoms. The number of hydrogen-bond donors (Lipinski definition) is 2. The van der Waals surface area contributed by atoms with Gasteiger partial charge in [0.25, 0.3) is 0 Å². The number of hydrogen-bond acceptors (Lipinski definition) is 5. The number of nitrogens with one attached hydrogen (secondary N) is 1. The van der Waals surface area contributed by atoms with E-state index in [0.717, 1.165) is 35.7 Å². The van der Waals surface area contributed by atoms with Gasteiger partial charge in [-0.2, -0.15) is 0 Å². The molecule has 0 atom stereocenters. The summed E-state index contributed by atoms with van der Waals surface area (Å²) in [5.74, 6) is 1.83. The van der Waals surface area contributed by atoms with Crippen LogP contribution in [0.2, 0.25) is 0 Å². The molecular formula is C17H24N4O. The Morgan fingerprint density at radius 3 is 2.82 bits per heavy atom. The van der Waals surface area contributed by atoms with Crippen molar-refractivity contribution in [3.8, 4) is 17.1 Å².